The molecule has 0 radical (unpaired) electrons. The number of amides is 1. The van der Waals surface area contributed by atoms with E-state index >= 15 is 0 Å². The summed E-state index contributed by atoms with van der Waals surface area (Å²) in [6.45, 7) is 8.84. The van der Waals surface area contributed by atoms with E-state index in [0.29, 0.717) is 5.92 Å². The third-order valence-electron chi connectivity index (χ3n) is 3.93. The number of hydrogen-bond acceptors (Lipinski definition) is 3. The monoisotopic (exact) mass is 289 g/mol. The van der Waals surface area contributed by atoms with E-state index in [-0.39, 0.29) is 5.91 Å². The molecule has 116 valence electrons. The number of nitrogens with zero attached hydrogens (tertiary/aromatic N) is 2. The maximum atomic E-state index is 12.8. The van der Waals surface area contributed by atoms with Gasteiger partial charge in [-0.05, 0) is 37.8 Å². The number of nitrogens with one attached hydrogen (secondary N) is 1. The molecule has 1 aromatic heterocycles. The summed E-state index contributed by atoms with van der Waals surface area (Å²) in [4.78, 5) is 19.3. The van der Waals surface area contributed by atoms with Crippen LogP contribution in [-0.2, 0) is 0 Å². The van der Waals surface area contributed by atoms with Crippen LogP contribution in [0.15, 0.2) is 12.1 Å². The van der Waals surface area contributed by atoms with Gasteiger partial charge in [0.15, 0.2) is 0 Å². The highest BCUT2D eigenvalue weighted by molar-refractivity contribution is 5.95. The fraction of sp³-hybridized carbons (Fsp3) is 0.647. The lowest BCUT2D eigenvalue weighted by molar-refractivity contribution is 0.0761. The molecule has 1 amide bonds. The predicted molar refractivity (Wildman–Crippen MR) is 86.9 cm³/mol. The second kappa shape index (κ2) is 7.43. The second-order valence-electron chi connectivity index (χ2n) is 6.06. The summed E-state index contributed by atoms with van der Waals surface area (Å²) in [6, 6.07) is 3.85. The summed E-state index contributed by atoms with van der Waals surface area (Å²) in [7, 11) is 0. The van der Waals surface area contributed by atoms with Crippen LogP contribution in [0.25, 0.3) is 0 Å². The first kappa shape index (κ1) is 15.8. The molecule has 0 saturated carbocycles. The van der Waals surface area contributed by atoms with Crippen LogP contribution in [0.5, 0.6) is 0 Å². The van der Waals surface area contributed by atoms with Crippen LogP contribution in [0.2, 0.25) is 0 Å². The van der Waals surface area contributed by atoms with Crippen molar-refractivity contribution in [3.05, 3.63) is 23.4 Å². The first-order valence-corrected chi connectivity index (χ1v) is 8.17. The van der Waals surface area contributed by atoms with Crippen LogP contribution in [-0.4, -0.2) is 35.4 Å². The van der Waals surface area contributed by atoms with Gasteiger partial charge in [-0.3, -0.25) is 4.79 Å². The minimum atomic E-state index is 0.153. The van der Waals surface area contributed by atoms with Crippen LogP contribution in [0.3, 0.4) is 0 Å². The lowest BCUT2D eigenvalue weighted by Crippen LogP contribution is -2.32. The Morgan fingerprint density at radius 2 is 1.90 bits per heavy atom. The van der Waals surface area contributed by atoms with Gasteiger partial charge in [0, 0.05) is 30.9 Å². The number of rotatable bonds is 4. The van der Waals surface area contributed by atoms with Crippen LogP contribution in [0, 0.1) is 0 Å². The summed E-state index contributed by atoms with van der Waals surface area (Å²) in [5.74, 6) is 1.28. The Balaban J connectivity index is 2.25. The second-order valence-corrected chi connectivity index (χ2v) is 6.06. The molecule has 1 N–H and O–H groups in total. The van der Waals surface area contributed by atoms with Crippen molar-refractivity contribution >= 4 is 11.7 Å². The summed E-state index contributed by atoms with van der Waals surface area (Å²) in [5.41, 5.74) is 1.75. The molecule has 1 aromatic rings. The fourth-order valence-electron chi connectivity index (χ4n) is 2.70. The summed E-state index contributed by atoms with van der Waals surface area (Å²) in [6.07, 6.45) is 4.71. The maximum absolute atomic E-state index is 12.8. The van der Waals surface area contributed by atoms with Gasteiger partial charge in [-0.1, -0.05) is 26.7 Å². The molecule has 0 aromatic carbocycles. The van der Waals surface area contributed by atoms with Crippen LogP contribution in [0.1, 0.15) is 68.4 Å². The van der Waals surface area contributed by atoms with Crippen LogP contribution < -0.4 is 5.32 Å². The molecule has 0 spiro atoms. The Labute approximate surface area is 127 Å². The molecule has 21 heavy (non-hydrogen) atoms. The first-order chi connectivity index (χ1) is 10.1. The van der Waals surface area contributed by atoms with Crippen molar-refractivity contribution in [2.75, 3.05) is 25.0 Å². The molecule has 4 nitrogen and oxygen atoms in total. The minimum absolute atomic E-state index is 0.153. The molecule has 1 saturated heterocycles. The van der Waals surface area contributed by atoms with E-state index in [4.69, 9.17) is 0 Å². The van der Waals surface area contributed by atoms with E-state index in [2.05, 4.69) is 24.1 Å². The molecular weight excluding hydrogens is 262 g/mol. The Hall–Kier alpha value is -1.58. The first-order valence-electron chi connectivity index (χ1n) is 8.17. The van der Waals surface area contributed by atoms with Gasteiger partial charge >= 0.3 is 0 Å². The van der Waals surface area contributed by atoms with Crippen molar-refractivity contribution in [3.8, 4) is 0 Å². The number of aromatic nitrogens is 1. The summed E-state index contributed by atoms with van der Waals surface area (Å²) < 4.78 is 0. The van der Waals surface area contributed by atoms with E-state index in [9.17, 15) is 4.79 Å². The number of carbonyl (C=O) groups is 1. The van der Waals surface area contributed by atoms with Crippen molar-refractivity contribution in [3.63, 3.8) is 0 Å². The Bertz CT molecular complexity index is 477. The molecule has 1 fully saturated rings. The average Bonchev–Trinajstić information content (AvgIpc) is 2.75. The molecule has 1 aliphatic rings. The van der Waals surface area contributed by atoms with Crippen molar-refractivity contribution in [1.82, 2.24) is 9.88 Å². The van der Waals surface area contributed by atoms with E-state index < -0.39 is 0 Å². The molecular formula is C17H27N3O. The number of carbonyl (C=O) groups excluding carboxylic acids is 1. The molecule has 0 atom stereocenters. The maximum Gasteiger partial charge on any atom is 0.254 e. The van der Waals surface area contributed by atoms with Crippen molar-refractivity contribution in [2.24, 2.45) is 0 Å². The van der Waals surface area contributed by atoms with Crippen LogP contribution >= 0.6 is 0 Å². The van der Waals surface area contributed by atoms with Gasteiger partial charge in [0.2, 0.25) is 0 Å². The zero-order valence-corrected chi connectivity index (χ0v) is 13.5. The quantitative estimate of drug-likeness (QED) is 0.920. The predicted octanol–water partition coefficient (Wildman–Crippen LogP) is 3.65. The number of anilines is 1. The standard InChI is InChI=1S/C17H27N3O/c1-4-18-16-12-14(11-15(19-16)13(2)3)17(21)20-9-7-5-6-8-10-20/h11-13H,4-10H2,1-3H3,(H,18,19). The highest BCUT2D eigenvalue weighted by Gasteiger charge is 2.19. The topological polar surface area (TPSA) is 45.2 Å². The molecule has 4 heteroatoms. The van der Waals surface area contributed by atoms with Gasteiger partial charge in [-0.25, -0.2) is 4.98 Å². The molecule has 0 aliphatic carbocycles. The molecule has 2 heterocycles. The van der Waals surface area contributed by atoms with Gasteiger partial charge in [0.05, 0.1) is 0 Å². The lowest BCUT2D eigenvalue weighted by Gasteiger charge is -2.21. The summed E-state index contributed by atoms with van der Waals surface area (Å²) >= 11 is 0. The SMILES string of the molecule is CCNc1cc(C(=O)N2CCCCCC2)cc(C(C)C)n1. The van der Waals surface area contributed by atoms with Gasteiger partial charge in [0.1, 0.15) is 5.82 Å². The number of likely N-dealkylation sites (tertiary alicyclic amines) is 1. The fourth-order valence-corrected chi connectivity index (χ4v) is 2.70. The molecule has 2 rings (SSSR count). The third-order valence-corrected chi connectivity index (χ3v) is 3.93. The normalized spacial score (nSPS) is 15.9. The highest BCUT2D eigenvalue weighted by Crippen LogP contribution is 2.20. The van der Waals surface area contributed by atoms with Gasteiger partial charge in [-0.2, -0.15) is 0 Å². The third kappa shape index (κ3) is 4.19. The van der Waals surface area contributed by atoms with Crippen LogP contribution in [0.4, 0.5) is 5.82 Å². The van der Waals surface area contributed by atoms with Crippen molar-refractivity contribution in [1.29, 1.82) is 0 Å². The number of pyridine rings is 1. The van der Waals surface area contributed by atoms with E-state index in [0.717, 1.165) is 49.6 Å². The largest absolute Gasteiger partial charge is 0.370 e. The zero-order valence-electron chi connectivity index (χ0n) is 13.5. The molecule has 0 bridgehead atoms. The van der Waals surface area contributed by atoms with Gasteiger partial charge < -0.3 is 10.2 Å². The Kier molecular flexibility index (Phi) is 5.59. The van der Waals surface area contributed by atoms with Gasteiger partial charge in [-0.15, -0.1) is 0 Å². The smallest absolute Gasteiger partial charge is 0.254 e. The highest BCUT2D eigenvalue weighted by atomic mass is 16.2. The lowest BCUT2D eigenvalue weighted by atomic mass is 10.1. The zero-order chi connectivity index (χ0) is 15.2. The van der Waals surface area contributed by atoms with Crippen molar-refractivity contribution < 1.29 is 4.79 Å². The van der Waals surface area contributed by atoms with E-state index in [1.54, 1.807) is 0 Å². The van der Waals surface area contributed by atoms with Crippen molar-refractivity contribution in [2.45, 2.75) is 52.4 Å². The Morgan fingerprint density at radius 1 is 1.24 bits per heavy atom. The average molecular weight is 289 g/mol. The minimum Gasteiger partial charge on any atom is -0.370 e. The molecule has 1 aliphatic heterocycles. The van der Waals surface area contributed by atoms with Gasteiger partial charge in [0.25, 0.3) is 5.91 Å². The molecule has 0 unspecified atom stereocenters. The summed E-state index contributed by atoms with van der Waals surface area (Å²) in [5, 5.41) is 3.23. The number of hydrogen-bond donors (Lipinski definition) is 1. The van der Waals surface area contributed by atoms with E-state index in [1.165, 1.54) is 12.8 Å². The Morgan fingerprint density at radius 3 is 2.48 bits per heavy atom. The van der Waals surface area contributed by atoms with E-state index in [1.807, 2.05) is 24.0 Å².